The number of halogens is 6. The van der Waals surface area contributed by atoms with Crippen LogP contribution >= 0.6 is 0 Å². The Morgan fingerprint density at radius 3 is 1.03 bits per heavy atom. The van der Waals surface area contributed by atoms with E-state index in [9.17, 15) is 26.3 Å². The zero-order chi connectivity index (χ0) is 44.9. The van der Waals surface area contributed by atoms with Crippen LogP contribution in [0.3, 0.4) is 0 Å². The summed E-state index contributed by atoms with van der Waals surface area (Å²) in [7, 11) is 7.51. The van der Waals surface area contributed by atoms with Crippen LogP contribution < -0.4 is 9.80 Å². The SMILES string of the molecule is CN(C)c1ccnc(-c2[c-]c(C(F)(F)F)ccc2-n2c3ccccc3c3ccccc32)c1.CN(C)c1ccnc(-c2[c-]c(C(F)(F)F)ccc2-n2c3ccccc3c3ccccc32)c1.[Pt+2]. The van der Waals surface area contributed by atoms with E-state index in [1.165, 1.54) is 12.1 Å². The standard InChI is InChI=1S/2C26H19F3N3.Pt/c2*1-31(2)18-13-14-30-22(16-18)21-15-17(26(27,28)29)11-12-25(21)32-23-9-5-3-7-19(23)20-8-4-6-10-24(20)32;/h2*3-14,16H,1-2H3;/q2*-1;+2. The Balaban J connectivity index is 0.000000175. The molecule has 0 bridgehead atoms. The summed E-state index contributed by atoms with van der Waals surface area (Å²) in [5.74, 6) is 0. The second-order valence-corrected chi connectivity index (χ2v) is 15.6. The summed E-state index contributed by atoms with van der Waals surface area (Å²) in [6, 6.07) is 49.2. The minimum absolute atomic E-state index is 0. The number of benzene rings is 6. The van der Waals surface area contributed by atoms with Crippen LogP contribution in [0.2, 0.25) is 0 Å². The molecule has 13 heteroatoms. The average Bonchev–Trinajstić information content (AvgIpc) is 3.81. The van der Waals surface area contributed by atoms with Gasteiger partial charge in [0.1, 0.15) is 0 Å². The third-order valence-electron chi connectivity index (χ3n) is 11.1. The van der Waals surface area contributed by atoms with Crippen LogP contribution in [0.15, 0.2) is 158 Å². The Kier molecular flexibility index (Phi) is 12.1. The van der Waals surface area contributed by atoms with E-state index in [1.807, 2.05) is 156 Å². The summed E-state index contributed by atoms with van der Waals surface area (Å²) in [4.78, 5) is 12.6. The summed E-state index contributed by atoms with van der Waals surface area (Å²) in [6.45, 7) is 0. The molecule has 10 rings (SSSR count). The van der Waals surface area contributed by atoms with Crippen molar-refractivity contribution in [1.82, 2.24) is 19.1 Å². The van der Waals surface area contributed by atoms with Gasteiger partial charge in [-0.25, -0.2) is 0 Å². The minimum atomic E-state index is -4.51. The van der Waals surface area contributed by atoms with Gasteiger partial charge in [-0.05, 0) is 70.3 Å². The van der Waals surface area contributed by atoms with Crippen molar-refractivity contribution in [2.75, 3.05) is 38.0 Å². The quantitative estimate of drug-likeness (QED) is 0.123. The van der Waals surface area contributed by atoms with Gasteiger partial charge in [-0.2, -0.15) is 26.3 Å². The van der Waals surface area contributed by atoms with Gasteiger partial charge in [0.25, 0.3) is 0 Å². The zero-order valence-electron chi connectivity index (χ0n) is 35.3. The van der Waals surface area contributed by atoms with Crippen molar-refractivity contribution in [3.63, 3.8) is 0 Å². The maximum Gasteiger partial charge on any atom is 2.00 e. The van der Waals surface area contributed by atoms with Crippen molar-refractivity contribution in [3.05, 3.63) is 181 Å². The summed E-state index contributed by atoms with van der Waals surface area (Å²) < 4.78 is 85.6. The molecule has 0 aliphatic rings. The Labute approximate surface area is 385 Å². The van der Waals surface area contributed by atoms with Crippen molar-refractivity contribution >= 4 is 55.0 Å². The van der Waals surface area contributed by atoms with Crippen LogP contribution in [0.1, 0.15) is 11.1 Å². The third-order valence-corrected chi connectivity index (χ3v) is 11.1. The molecule has 0 spiro atoms. The Morgan fingerprint density at radius 2 is 0.738 bits per heavy atom. The number of alkyl halides is 6. The van der Waals surface area contributed by atoms with Crippen molar-refractivity contribution < 1.29 is 47.4 Å². The topological polar surface area (TPSA) is 42.1 Å². The second-order valence-electron chi connectivity index (χ2n) is 15.6. The minimum Gasteiger partial charge on any atom is -0.378 e. The van der Waals surface area contributed by atoms with Gasteiger partial charge in [-0.15, -0.1) is 47.5 Å². The Morgan fingerprint density at radius 1 is 0.431 bits per heavy atom. The fourth-order valence-corrected chi connectivity index (χ4v) is 8.10. The fraction of sp³-hybridized carbons (Fsp3) is 0.115. The first-order valence-corrected chi connectivity index (χ1v) is 20.2. The average molecular weight is 1060 g/mol. The maximum absolute atomic E-state index is 13.6. The summed E-state index contributed by atoms with van der Waals surface area (Å²) >= 11 is 0. The van der Waals surface area contributed by atoms with Crippen LogP contribution in [0.5, 0.6) is 0 Å². The van der Waals surface area contributed by atoms with Crippen LogP contribution in [0, 0.1) is 12.1 Å². The molecule has 0 unspecified atom stereocenters. The number of anilines is 2. The molecule has 0 aliphatic heterocycles. The molecule has 0 saturated heterocycles. The van der Waals surface area contributed by atoms with Gasteiger partial charge >= 0.3 is 33.4 Å². The Hall–Kier alpha value is -6.91. The molecule has 0 radical (unpaired) electrons. The van der Waals surface area contributed by atoms with Crippen LogP contribution in [-0.2, 0) is 33.4 Å². The molecule has 0 amide bonds. The number of hydrogen-bond donors (Lipinski definition) is 0. The number of para-hydroxylation sites is 4. The van der Waals surface area contributed by atoms with Gasteiger partial charge in [0.2, 0.25) is 0 Å². The first-order chi connectivity index (χ1) is 30.7. The fourth-order valence-electron chi connectivity index (χ4n) is 8.10. The molecule has 10 aromatic rings. The van der Waals surface area contributed by atoms with E-state index >= 15 is 0 Å². The normalized spacial score (nSPS) is 11.7. The van der Waals surface area contributed by atoms with Gasteiger partial charge in [-0.1, -0.05) is 84.9 Å². The molecule has 4 aromatic heterocycles. The van der Waals surface area contributed by atoms with E-state index < -0.39 is 23.5 Å². The van der Waals surface area contributed by atoms with Crippen molar-refractivity contribution in [2.45, 2.75) is 12.4 Å². The van der Waals surface area contributed by atoms with Crippen molar-refractivity contribution in [3.8, 4) is 33.9 Å². The van der Waals surface area contributed by atoms with E-state index in [1.54, 1.807) is 24.5 Å². The summed E-state index contributed by atoms with van der Waals surface area (Å²) in [5, 5.41) is 4.13. The molecule has 6 aromatic carbocycles. The molecule has 0 atom stereocenters. The van der Waals surface area contributed by atoms with Crippen molar-refractivity contribution in [1.29, 1.82) is 0 Å². The number of nitrogens with zero attached hydrogens (tertiary/aromatic N) is 6. The van der Waals surface area contributed by atoms with Gasteiger partial charge < -0.3 is 28.9 Å². The monoisotopic (exact) mass is 1060 g/mol. The third kappa shape index (κ3) is 8.46. The molecular formula is C52H38F6N6Pt. The molecule has 0 aliphatic carbocycles. The first-order valence-electron chi connectivity index (χ1n) is 20.2. The van der Waals surface area contributed by atoms with E-state index in [0.717, 1.165) is 67.1 Å². The van der Waals surface area contributed by atoms with Crippen LogP contribution in [0.25, 0.3) is 77.5 Å². The van der Waals surface area contributed by atoms with Crippen molar-refractivity contribution in [2.24, 2.45) is 0 Å². The molecule has 328 valence electrons. The summed E-state index contributed by atoms with van der Waals surface area (Å²) in [6.07, 6.45) is -5.80. The van der Waals surface area contributed by atoms with E-state index in [2.05, 4.69) is 22.1 Å². The second kappa shape index (κ2) is 17.6. The smallest absolute Gasteiger partial charge is 0.378 e. The van der Waals surface area contributed by atoms with E-state index in [-0.39, 0.29) is 21.1 Å². The number of aromatic nitrogens is 4. The van der Waals surface area contributed by atoms with E-state index in [0.29, 0.717) is 33.9 Å². The van der Waals surface area contributed by atoms with Crippen LogP contribution in [0.4, 0.5) is 37.7 Å². The number of rotatable bonds is 6. The molecule has 0 saturated carbocycles. The molecule has 0 fully saturated rings. The van der Waals surface area contributed by atoms with E-state index in [4.69, 9.17) is 0 Å². The number of hydrogen-bond acceptors (Lipinski definition) is 4. The predicted octanol–water partition coefficient (Wildman–Crippen LogP) is 13.5. The predicted molar refractivity (Wildman–Crippen MR) is 244 cm³/mol. The number of fused-ring (bicyclic) bond motifs is 6. The van der Waals surface area contributed by atoms with Gasteiger partial charge in [-0.3, -0.25) is 0 Å². The molecule has 0 N–H and O–H groups in total. The zero-order valence-corrected chi connectivity index (χ0v) is 37.6. The Bertz CT molecular complexity index is 3020. The largest absolute Gasteiger partial charge is 2.00 e. The maximum atomic E-state index is 13.6. The number of pyridine rings is 2. The first kappa shape index (κ1) is 44.7. The van der Waals surface area contributed by atoms with Gasteiger partial charge in [0, 0.05) is 95.6 Å². The van der Waals surface area contributed by atoms with Gasteiger partial charge in [0.05, 0.1) is 0 Å². The molecule has 6 nitrogen and oxygen atoms in total. The molecule has 4 heterocycles. The molecule has 65 heavy (non-hydrogen) atoms. The van der Waals surface area contributed by atoms with Gasteiger partial charge in [0.15, 0.2) is 0 Å². The van der Waals surface area contributed by atoms with Crippen LogP contribution in [-0.4, -0.2) is 47.3 Å². The molecular weight excluding hydrogens is 1020 g/mol. The summed E-state index contributed by atoms with van der Waals surface area (Å²) in [5.41, 5.74) is 6.32.